The van der Waals surface area contributed by atoms with E-state index >= 15 is 0 Å². The van der Waals surface area contributed by atoms with Gasteiger partial charge in [-0.25, -0.2) is 4.98 Å². The van der Waals surface area contributed by atoms with Crippen molar-refractivity contribution in [1.82, 2.24) is 9.55 Å². The second kappa shape index (κ2) is 5.57. The minimum Gasteiger partial charge on any atom is -0.398 e. The van der Waals surface area contributed by atoms with Crippen LogP contribution in [0, 0.1) is 20.6 Å². The lowest BCUT2D eigenvalue weighted by Crippen LogP contribution is -2.24. The van der Waals surface area contributed by atoms with Gasteiger partial charge in [0.2, 0.25) is 0 Å². The third-order valence-corrected chi connectivity index (χ3v) is 4.08. The highest BCUT2D eigenvalue weighted by Crippen LogP contribution is 2.20. The number of nitrogens with two attached hydrogens (primary N) is 1. The maximum atomic E-state index is 12.1. The van der Waals surface area contributed by atoms with Gasteiger partial charge in [0, 0.05) is 23.4 Å². The molecule has 1 heterocycles. The highest BCUT2D eigenvalue weighted by Gasteiger charge is 2.11. The van der Waals surface area contributed by atoms with E-state index in [1.54, 1.807) is 6.92 Å². The predicted octanol–water partition coefficient (Wildman–Crippen LogP) is 1.70. The summed E-state index contributed by atoms with van der Waals surface area (Å²) in [6.45, 7) is 1.89. The number of non-ortho nitro benzene ring substituents is 1. The summed E-state index contributed by atoms with van der Waals surface area (Å²) in [5.74, 6) is 0. The third-order valence-electron chi connectivity index (χ3n) is 2.84. The molecule has 1 aromatic carbocycles. The Morgan fingerprint density at radius 2 is 2.20 bits per heavy atom. The molecule has 0 aliphatic rings. The van der Waals surface area contributed by atoms with Crippen LogP contribution in [0.5, 0.6) is 0 Å². The number of nitrogen functional groups attached to an aromatic ring is 1. The van der Waals surface area contributed by atoms with E-state index in [0.29, 0.717) is 20.5 Å². The first-order valence-electron chi connectivity index (χ1n) is 5.64. The smallest absolute Gasteiger partial charge is 0.269 e. The van der Waals surface area contributed by atoms with Crippen molar-refractivity contribution < 1.29 is 4.92 Å². The molecule has 1 aromatic heterocycles. The fourth-order valence-electron chi connectivity index (χ4n) is 1.69. The van der Waals surface area contributed by atoms with Crippen molar-refractivity contribution in [2.75, 3.05) is 5.73 Å². The van der Waals surface area contributed by atoms with Crippen LogP contribution in [0.4, 0.5) is 11.4 Å². The summed E-state index contributed by atoms with van der Waals surface area (Å²) in [7, 11) is 0. The normalized spacial score (nSPS) is 10.5. The first-order chi connectivity index (χ1) is 9.40. The molecule has 0 saturated heterocycles. The van der Waals surface area contributed by atoms with Gasteiger partial charge < -0.3 is 5.73 Å². The van der Waals surface area contributed by atoms with Crippen LogP contribution in [0.25, 0.3) is 0 Å². The van der Waals surface area contributed by atoms with Crippen LogP contribution in [-0.2, 0) is 6.54 Å². The van der Waals surface area contributed by atoms with E-state index in [1.807, 2.05) is 22.6 Å². The number of anilines is 1. The molecule has 0 atom stereocenters. The second-order valence-corrected chi connectivity index (χ2v) is 5.30. The molecular formula is C12H11IN4O3. The second-order valence-electron chi connectivity index (χ2n) is 4.22. The highest BCUT2D eigenvalue weighted by atomic mass is 127. The molecular weight excluding hydrogens is 375 g/mol. The van der Waals surface area contributed by atoms with Gasteiger partial charge in [-0.2, -0.15) is 0 Å². The zero-order chi connectivity index (χ0) is 14.9. The number of aryl methyl sites for hydroxylation is 1. The van der Waals surface area contributed by atoms with Crippen LogP contribution < -0.4 is 11.3 Å². The summed E-state index contributed by atoms with van der Waals surface area (Å²) in [6, 6.07) is 4.17. The molecule has 0 bridgehead atoms. The van der Waals surface area contributed by atoms with Gasteiger partial charge in [-0.15, -0.1) is 0 Å². The number of nitro groups is 1. The fraction of sp³-hybridized carbons (Fsp3) is 0.167. The Kier molecular flexibility index (Phi) is 4.02. The van der Waals surface area contributed by atoms with Crippen molar-refractivity contribution in [3.63, 3.8) is 0 Å². The number of hydrogen-bond acceptors (Lipinski definition) is 5. The summed E-state index contributed by atoms with van der Waals surface area (Å²) in [5.41, 5.74) is 7.12. The largest absolute Gasteiger partial charge is 0.398 e. The molecule has 104 valence electrons. The molecule has 0 amide bonds. The third kappa shape index (κ3) is 2.79. The number of nitrogens with zero attached hydrogens (tertiary/aromatic N) is 3. The van der Waals surface area contributed by atoms with Gasteiger partial charge in [-0.3, -0.25) is 19.5 Å². The molecule has 0 saturated carbocycles. The van der Waals surface area contributed by atoms with Gasteiger partial charge in [0.05, 0.1) is 27.1 Å². The number of halogens is 1. The molecule has 8 heteroatoms. The first-order valence-corrected chi connectivity index (χ1v) is 6.72. The lowest BCUT2D eigenvalue weighted by molar-refractivity contribution is -0.384. The first kappa shape index (κ1) is 14.4. The maximum Gasteiger partial charge on any atom is 0.269 e. The Labute approximate surface area is 127 Å². The summed E-state index contributed by atoms with van der Waals surface area (Å²) in [6.07, 6.45) is 1.41. The van der Waals surface area contributed by atoms with E-state index in [2.05, 4.69) is 4.98 Å². The van der Waals surface area contributed by atoms with Gasteiger partial charge in [-0.1, -0.05) is 0 Å². The average molecular weight is 386 g/mol. The van der Waals surface area contributed by atoms with Gasteiger partial charge in [0.25, 0.3) is 11.2 Å². The van der Waals surface area contributed by atoms with Gasteiger partial charge in [0.1, 0.15) is 0 Å². The van der Waals surface area contributed by atoms with Crippen LogP contribution in [-0.4, -0.2) is 14.5 Å². The van der Waals surface area contributed by atoms with Crippen LogP contribution in [0.1, 0.15) is 11.3 Å². The number of nitro benzene ring substituents is 1. The summed E-state index contributed by atoms with van der Waals surface area (Å²) >= 11 is 1.93. The minimum atomic E-state index is -0.497. The number of rotatable bonds is 3. The van der Waals surface area contributed by atoms with E-state index in [-0.39, 0.29) is 17.8 Å². The molecule has 0 unspecified atom stereocenters. The monoisotopic (exact) mass is 386 g/mol. The molecule has 0 radical (unpaired) electrons. The Bertz CT molecular complexity index is 742. The molecule has 0 fully saturated rings. The van der Waals surface area contributed by atoms with Crippen LogP contribution in [0.2, 0.25) is 0 Å². The van der Waals surface area contributed by atoms with Crippen molar-refractivity contribution in [2.45, 2.75) is 13.5 Å². The Morgan fingerprint density at radius 3 is 2.85 bits per heavy atom. The summed E-state index contributed by atoms with van der Waals surface area (Å²) in [5, 5.41) is 10.8. The molecule has 2 rings (SSSR count). The predicted molar refractivity (Wildman–Crippen MR) is 82.6 cm³/mol. The highest BCUT2D eigenvalue weighted by molar-refractivity contribution is 14.1. The van der Waals surface area contributed by atoms with E-state index < -0.39 is 4.92 Å². The standard InChI is InChI=1S/C12H11IN4O3/c1-7-11(13)12(18)16(6-15-7)5-8-4-9(17(19)20)2-3-10(8)14/h2-4,6H,5,14H2,1H3. The van der Waals surface area contributed by atoms with Crippen LogP contribution in [0.15, 0.2) is 29.3 Å². The molecule has 0 aliphatic heterocycles. The minimum absolute atomic E-state index is 0.0583. The van der Waals surface area contributed by atoms with Gasteiger partial charge in [-0.05, 0) is 35.6 Å². The molecule has 7 nitrogen and oxygen atoms in total. The van der Waals surface area contributed by atoms with Crippen molar-refractivity contribution in [3.8, 4) is 0 Å². The van der Waals surface area contributed by atoms with Crippen molar-refractivity contribution in [3.05, 3.63) is 59.8 Å². The van der Waals surface area contributed by atoms with E-state index in [4.69, 9.17) is 5.73 Å². The summed E-state index contributed by atoms with van der Waals surface area (Å²) in [4.78, 5) is 26.4. The maximum absolute atomic E-state index is 12.1. The summed E-state index contributed by atoms with van der Waals surface area (Å²) < 4.78 is 1.90. The van der Waals surface area contributed by atoms with E-state index in [0.717, 1.165) is 0 Å². The Balaban J connectivity index is 2.45. The molecule has 0 aliphatic carbocycles. The topological polar surface area (TPSA) is 104 Å². The Morgan fingerprint density at radius 1 is 1.50 bits per heavy atom. The van der Waals surface area contributed by atoms with Crippen LogP contribution >= 0.6 is 22.6 Å². The van der Waals surface area contributed by atoms with Gasteiger partial charge in [0.15, 0.2) is 0 Å². The lowest BCUT2D eigenvalue weighted by atomic mass is 10.1. The average Bonchev–Trinajstić information content (AvgIpc) is 2.41. The zero-order valence-corrected chi connectivity index (χ0v) is 12.7. The zero-order valence-electron chi connectivity index (χ0n) is 10.5. The van der Waals surface area contributed by atoms with Crippen molar-refractivity contribution in [2.24, 2.45) is 0 Å². The van der Waals surface area contributed by atoms with E-state index in [9.17, 15) is 14.9 Å². The Hall–Kier alpha value is -1.97. The molecule has 20 heavy (non-hydrogen) atoms. The molecule has 2 N–H and O–H groups in total. The molecule has 0 spiro atoms. The number of hydrogen-bond donors (Lipinski definition) is 1. The van der Waals surface area contributed by atoms with Crippen LogP contribution in [0.3, 0.4) is 0 Å². The van der Waals surface area contributed by atoms with Crippen molar-refractivity contribution >= 4 is 34.0 Å². The molecule has 2 aromatic rings. The number of aromatic nitrogens is 2. The number of benzene rings is 1. The fourth-order valence-corrected chi connectivity index (χ4v) is 2.13. The van der Waals surface area contributed by atoms with Crippen molar-refractivity contribution in [1.29, 1.82) is 0 Å². The van der Waals surface area contributed by atoms with Gasteiger partial charge >= 0.3 is 0 Å². The quantitative estimate of drug-likeness (QED) is 0.374. The van der Waals surface area contributed by atoms with E-state index in [1.165, 1.54) is 29.1 Å². The SMILES string of the molecule is Cc1ncn(Cc2cc([N+](=O)[O-])ccc2N)c(=O)c1I. The lowest BCUT2D eigenvalue weighted by Gasteiger charge is -2.09.